The molecule has 8 nitrogen and oxygen atoms in total. The fraction of sp³-hybridized carbons (Fsp3) is 0.240. The highest BCUT2D eigenvalue weighted by molar-refractivity contribution is 7.10. The lowest BCUT2D eigenvalue weighted by Gasteiger charge is -2.35. The van der Waals surface area contributed by atoms with E-state index in [-0.39, 0.29) is 23.0 Å². The molecule has 9 heteroatoms. The van der Waals surface area contributed by atoms with Crippen LogP contribution in [-0.2, 0) is 10.2 Å². The van der Waals surface area contributed by atoms with Crippen LogP contribution in [-0.4, -0.2) is 47.1 Å². The van der Waals surface area contributed by atoms with E-state index >= 15 is 0 Å². The molecule has 1 aliphatic rings. The summed E-state index contributed by atoms with van der Waals surface area (Å²) < 4.78 is 10.5. The third-order valence-corrected chi connectivity index (χ3v) is 7.08. The van der Waals surface area contributed by atoms with Crippen molar-refractivity contribution in [2.24, 2.45) is 0 Å². The van der Waals surface area contributed by atoms with Crippen molar-refractivity contribution < 1.29 is 18.8 Å². The van der Waals surface area contributed by atoms with Crippen LogP contribution in [0.4, 0.5) is 0 Å². The number of carbonyl (C=O) groups is 2. The zero-order chi connectivity index (χ0) is 23.4. The molecular formula is C25H22N4O4S. The molecule has 5 rings (SSSR count). The molecule has 4 aromatic rings. The Morgan fingerprint density at radius 1 is 1.06 bits per heavy atom. The molecule has 1 saturated heterocycles. The number of rotatable bonds is 7. The van der Waals surface area contributed by atoms with Crippen LogP contribution in [0.5, 0.6) is 0 Å². The molecule has 0 atom stereocenters. The van der Waals surface area contributed by atoms with Crippen molar-refractivity contribution in [1.82, 2.24) is 20.4 Å². The molecule has 1 N–H and O–H groups in total. The molecule has 0 bridgehead atoms. The summed E-state index contributed by atoms with van der Waals surface area (Å²) in [6.07, 6.45) is 2.06. The fourth-order valence-corrected chi connectivity index (χ4v) is 5.13. The monoisotopic (exact) mass is 474 g/mol. The zero-order valence-electron chi connectivity index (χ0n) is 18.3. The summed E-state index contributed by atoms with van der Waals surface area (Å²) in [7, 11) is 0. The van der Waals surface area contributed by atoms with Crippen LogP contribution in [0, 0.1) is 0 Å². The van der Waals surface area contributed by atoms with Crippen LogP contribution in [0.2, 0.25) is 0 Å². The van der Waals surface area contributed by atoms with Gasteiger partial charge in [0.05, 0.1) is 5.69 Å². The number of hydrogen-bond acceptors (Lipinski definition) is 8. The lowest BCUT2D eigenvalue weighted by molar-refractivity contribution is 0.0486. The van der Waals surface area contributed by atoms with Crippen molar-refractivity contribution in [3.8, 4) is 22.6 Å². The Hall–Kier alpha value is -3.69. The predicted molar refractivity (Wildman–Crippen MR) is 127 cm³/mol. The van der Waals surface area contributed by atoms with Crippen molar-refractivity contribution in [3.63, 3.8) is 0 Å². The first-order valence-electron chi connectivity index (χ1n) is 10.9. The number of hydrogen-bond donors (Lipinski definition) is 1. The number of amides is 1. The Kier molecular flexibility index (Phi) is 6.29. The van der Waals surface area contributed by atoms with Gasteiger partial charge in [-0.05, 0) is 25.0 Å². The summed E-state index contributed by atoms with van der Waals surface area (Å²) in [4.78, 5) is 32.8. The van der Waals surface area contributed by atoms with Gasteiger partial charge in [0.2, 0.25) is 12.1 Å². The second-order valence-electron chi connectivity index (χ2n) is 8.13. The topological polar surface area (TPSA) is 107 Å². The number of nitrogens with zero attached hydrogens (tertiary/aromatic N) is 3. The molecule has 0 saturated carbocycles. The van der Waals surface area contributed by atoms with Gasteiger partial charge in [-0.1, -0.05) is 47.6 Å². The van der Waals surface area contributed by atoms with Gasteiger partial charge < -0.3 is 14.6 Å². The Bertz CT molecular complexity index is 1300. The molecule has 34 heavy (non-hydrogen) atoms. The minimum Gasteiger partial charge on any atom is -0.381 e. The Morgan fingerprint density at radius 2 is 1.85 bits per heavy atom. The van der Waals surface area contributed by atoms with Crippen LogP contribution in [0.3, 0.4) is 0 Å². The van der Waals surface area contributed by atoms with Crippen LogP contribution in [0.15, 0.2) is 64.5 Å². The van der Waals surface area contributed by atoms with Crippen molar-refractivity contribution in [1.29, 1.82) is 0 Å². The maximum absolute atomic E-state index is 13.1. The van der Waals surface area contributed by atoms with Gasteiger partial charge in [0.1, 0.15) is 5.01 Å². The minimum atomic E-state index is -0.282. The van der Waals surface area contributed by atoms with E-state index in [1.54, 1.807) is 35.6 Å². The molecule has 172 valence electrons. The lowest BCUT2D eigenvalue weighted by atomic mass is 9.80. The van der Waals surface area contributed by atoms with Gasteiger partial charge in [-0.15, -0.1) is 11.3 Å². The Labute approximate surface area is 200 Å². The van der Waals surface area contributed by atoms with E-state index < -0.39 is 0 Å². The molecule has 0 unspecified atom stereocenters. The maximum atomic E-state index is 13.1. The second-order valence-corrected chi connectivity index (χ2v) is 8.99. The predicted octanol–water partition coefficient (Wildman–Crippen LogP) is 4.15. The molecule has 1 fully saturated rings. The first-order valence-corrected chi connectivity index (χ1v) is 11.8. The standard InChI is InChI=1S/C25H22N4O4S/c30-14-21-28-22(29-33-21)18-7-4-8-19(13-18)23(31)26-16-25(9-11-32-12-10-25)24-27-20(15-34-24)17-5-2-1-3-6-17/h1-8,13-15H,9-12,16H2,(H,26,31). The van der Waals surface area contributed by atoms with Crippen molar-refractivity contribution in [3.05, 3.63) is 76.4 Å². The average Bonchev–Trinajstić information content (AvgIpc) is 3.59. The van der Waals surface area contributed by atoms with Gasteiger partial charge in [-0.3, -0.25) is 9.59 Å². The molecule has 1 aliphatic heterocycles. The zero-order valence-corrected chi connectivity index (χ0v) is 19.1. The highest BCUT2D eigenvalue weighted by Gasteiger charge is 2.38. The third-order valence-electron chi connectivity index (χ3n) is 5.99. The van der Waals surface area contributed by atoms with E-state index in [1.807, 2.05) is 30.3 Å². The van der Waals surface area contributed by atoms with E-state index in [1.165, 1.54) is 0 Å². The van der Waals surface area contributed by atoms with Crippen LogP contribution < -0.4 is 5.32 Å². The summed E-state index contributed by atoms with van der Waals surface area (Å²) in [5.74, 6) is -0.0508. The van der Waals surface area contributed by atoms with Crippen molar-refractivity contribution >= 4 is 23.5 Å². The van der Waals surface area contributed by atoms with Gasteiger partial charge in [0, 0.05) is 47.2 Å². The molecule has 0 aliphatic carbocycles. The van der Waals surface area contributed by atoms with Crippen molar-refractivity contribution in [2.75, 3.05) is 19.8 Å². The maximum Gasteiger partial charge on any atom is 0.291 e. The van der Waals surface area contributed by atoms with Gasteiger partial charge in [-0.2, -0.15) is 4.98 Å². The number of benzene rings is 2. The van der Waals surface area contributed by atoms with Crippen LogP contribution >= 0.6 is 11.3 Å². The summed E-state index contributed by atoms with van der Waals surface area (Å²) in [5.41, 5.74) is 2.81. The highest BCUT2D eigenvalue weighted by atomic mass is 32.1. The normalized spacial score (nSPS) is 15.1. The summed E-state index contributed by atoms with van der Waals surface area (Å²) in [6, 6.07) is 17.0. The van der Waals surface area contributed by atoms with Crippen molar-refractivity contribution in [2.45, 2.75) is 18.3 Å². The van der Waals surface area contributed by atoms with Gasteiger partial charge in [0.15, 0.2) is 0 Å². The third kappa shape index (κ3) is 4.52. The molecule has 2 aromatic heterocycles. The summed E-state index contributed by atoms with van der Waals surface area (Å²) in [6.45, 7) is 1.71. The van der Waals surface area contributed by atoms with Crippen LogP contribution in [0.1, 0.15) is 38.9 Å². The summed E-state index contributed by atoms with van der Waals surface area (Å²) >= 11 is 1.63. The molecule has 0 radical (unpaired) electrons. The highest BCUT2D eigenvalue weighted by Crippen LogP contribution is 2.38. The van der Waals surface area contributed by atoms with E-state index in [0.29, 0.717) is 37.2 Å². The molecule has 3 heterocycles. The minimum absolute atomic E-state index is 0.107. The Balaban J connectivity index is 1.35. The van der Waals surface area contributed by atoms with E-state index in [4.69, 9.17) is 14.2 Å². The molecule has 1 amide bonds. The van der Waals surface area contributed by atoms with Gasteiger partial charge in [0.25, 0.3) is 11.8 Å². The van der Waals surface area contributed by atoms with Gasteiger partial charge >= 0.3 is 0 Å². The number of aromatic nitrogens is 3. The van der Waals surface area contributed by atoms with E-state index in [0.717, 1.165) is 29.1 Å². The number of aldehydes is 1. The number of carbonyl (C=O) groups excluding carboxylic acids is 2. The largest absolute Gasteiger partial charge is 0.381 e. The molecule has 0 spiro atoms. The first kappa shape index (κ1) is 22.1. The quantitative estimate of drug-likeness (QED) is 0.401. The first-order chi connectivity index (χ1) is 16.7. The lowest BCUT2D eigenvalue weighted by Crippen LogP contribution is -2.44. The number of ether oxygens (including phenoxy) is 1. The number of thiazole rings is 1. The second kappa shape index (κ2) is 9.66. The SMILES string of the molecule is O=Cc1nc(-c2cccc(C(=O)NCC3(c4nc(-c5ccccc5)cs4)CCOCC3)c2)no1. The molecular weight excluding hydrogens is 452 g/mol. The summed E-state index contributed by atoms with van der Waals surface area (Å²) in [5, 5.41) is 9.98. The fourth-order valence-electron chi connectivity index (χ4n) is 4.04. The van der Waals surface area contributed by atoms with E-state index in [9.17, 15) is 9.59 Å². The number of nitrogens with one attached hydrogen (secondary N) is 1. The van der Waals surface area contributed by atoms with E-state index in [2.05, 4.69) is 20.8 Å². The average molecular weight is 475 g/mol. The smallest absolute Gasteiger partial charge is 0.291 e. The van der Waals surface area contributed by atoms with Crippen LogP contribution in [0.25, 0.3) is 22.6 Å². The Morgan fingerprint density at radius 3 is 2.62 bits per heavy atom. The molecule has 2 aromatic carbocycles. The van der Waals surface area contributed by atoms with Gasteiger partial charge in [-0.25, -0.2) is 4.98 Å².